The molecule has 0 amide bonds. The lowest BCUT2D eigenvalue weighted by atomic mass is 9.80. The van der Waals surface area contributed by atoms with Crippen molar-refractivity contribution in [1.82, 2.24) is 0 Å². The lowest BCUT2D eigenvalue weighted by Crippen LogP contribution is -2.13. The molecule has 0 radical (unpaired) electrons. The van der Waals surface area contributed by atoms with Gasteiger partial charge in [0.05, 0.1) is 0 Å². The highest BCUT2D eigenvalue weighted by Crippen LogP contribution is 2.35. The minimum Gasteiger partial charge on any atom is -0.207 e. The quantitative estimate of drug-likeness (QED) is 0.628. The van der Waals surface area contributed by atoms with Crippen LogP contribution < -0.4 is 0 Å². The molecule has 2 rings (SSSR count). The van der Waals surface area contributed by atoms with Crippen molar-refractivity contribution in [3.63, 3.8) is 0 Å². The Morgan fingerprint density at radius 1 is 1.00 bits per heavy atom. The third kappa shape index (κ3) is 3.08. The van der Waals surface area contributed by atoms with Gasteiger partial charge in [0.15, 0.2) is 0 Å². The number of halogens is 1. The molecule has 0 heterocycles. The first-order valence-corrected chi connectivity index (χ1v) is 6.78. The molecule has 1 saturated carbocycles. The Labute approximate surface area is 104 Å². The molecule has 0 aliphatic heterocycles. The van der Waals surface area contributed by atoms with E-state index >= 15 is 0 Å². The van der Waals surface area contributed by atoms with Crippen molar-refractivity contribution in [2.45, 2.75) is 64.2 Å². The molecule has 0 unspecified atom stereocenters. The minimum atomic E-state index is -0.0713. The number of hydrogen-bond acceptors (Lipinski definition) is 0. The summed E-state index contributed by atoms with van der Waals surface area (Å²) in [5.41, 5.74) is 2.37. The van der Waals surface area contributed by atoms with Gasteiger partial charge >= 0.3 is 0 Å². The summed E-state index contributed by atoms with van der Waals surface area (Å²) < 4.78 is 13.7. The Bertz CT molecular complexity index is 381. The molecule has 0 N–H and O–H groups in total. The Kier molecular flexibility index (Phi) is 3.56. The second-order valence-electron chi connectivity index (χ2n) is 6.36. The summed E-state index contributed by atoms with van der Waals surface area (Å²) >= 11 is 0. The zero-order chi connectivity index (χ0) is 12.5. The molecule has 1 aliphatic rings. The summed E-state index contributed by atoms with van der Waals surface area (Å²) in [6.07, 6.45) is 6.40. The van der Waals surface area contributed by atoms with Crippen LogP contribution in [-0.4, -0.2) is 0 Å². The van der Waals surface area contributed by atoms with Gasteiger partial charge in [-0.3, -0.25) is 0 Å². The Morgan fingerprint density at radius 3 is 2.24 bits per heavy atom. The molecule has 0 nitrogen and oxygen atoms in total. The monoisotopic (exact) mass is 234 g/mol. The Hall–Kier alpha value is -0.850. The van der Waals surface area contributed by atoms with Crippen molar-refractivity contribution in [2.24, 2.45) is 0 Å². The van der Waals surface area contributed by atoms with Crippen LogP contribution >= 0.6 is 0 Å². The van der Waals surface area contributed by atoms with Gasteiger partial charge in [0.1, 0.15) is 5.82 Å². The van der Waals surface area contributed by atoms with Crippen molar-refractivity contribution in [3.8, 4) is 0 Å². The summed E-state index contributed by atoms with van der Waals surface area (Å²) in [4.78, 5) is 0. The number of rotatable bonds is 1. The van der Waals surface area contributed by atoms with Gasteiger partial charge in [-0.15, -0.1) is 0 Å². The lowest BCUT2D eigenvalue weighted by Gasteiger charge is -2.25. The fraction of sp³-hybridized carbons (Fsp3) is 0.625. The highest BCUT2D eigenvalue weighted by molar-refractivity contribution is 5.31. The molecule has 1 aromatic carbocycles. The summed E-state index contributed by atoms with van der Waals surface area (Å²) in [6.45, 7) is 6.44. The predicted octanol–water partition coefficient (Wildman–Crippen LogP) is 5.17. The smallest absolute Gasteiger partial charge is 0.123 e. The maximum atomic E-state index is 13.7. The van der Waals surface area contributed by atoms with Crippen LogP contribution in [0.4, 0.5) is 4.39 Å². The van der Waals surface area contributed by atoms with Gasteiger partial charge in [0, 0.05) is 0 Å². The summed E-state index contributed by atoms with van der Waals surface area (Å²) in [5, 5.41) is 0. The molecule has 0 aromatic heterocycles. The minimum absolute atomic E-state index is 0.0333. The van der Waals surface area contributed by atoms with E-state index < -0.39 is 0 Å². The molecule has 0 bridgehead atoms. The lowest BCUT2D eigenvalue weighted by molar-refractivity contribution is 0.440. The average molecular weight is 234 g/mol. The molecule has 1 aliphatic carbocycles. The average Bonchev–Trinajstić information content (AvgIpc) is 2.28. The van der Waals surface area contributed by atoms with Crippen LogP contribution in [0.2, 0.25) is 0 Å². The molecule has 1 aromatic rings. The van der Waals surface area contributed by atoms with E-state index in [1.807, 2.05) is 0 Å². The molecular formula is C16H23F. The molecule has 94 valence electrons. The van der Waals surface area contributed by atoms with Gasteiger partial charge in [-0.05, 0) is 47.4 Å². The van der Waals surface area contributed by atoms with E-state index in [1.54, 1.807) is 12.1 Å². The maximum absolute atomic E-state index is 13.7. The van der Waals surface area contributed by atoms with Crippen molar-refractivity contribution in [1.29, 1.82) is 0 Å². The second kappa shape index (κ2) is 4.80. The standard InChI is InChI=1S/C16H23F/c1-16(2,3)14-9-13(10-15(17)11-14)12-7-5-4-6-8-12/h9-12H,4-8H2,1-3H3. The van der Waals surface area contributed by atoms with E-state index in [0.29, 0.717) is 5.92 Å². The summed E-state index contributed by atoms with van der Waals surface area (Å²) in [6, 6.07) is 5.65. The van der Waals surface area contributed by atoms with Gasteiger partial charge in [-0.1, -0.05) is 46.1 Å². The molecule has 0 atom stereocenters. The van der Waals surface area contributed by atoms with E-state index in [4.69, 9.17) is 0 Å². The van der Waals surface area contributed by atoms with Gasteiger partial charge in [0.25, 0.3) is 0 Å². The number of benzene rings is 1. The fourth-order valence-electron chi connectivity index (χ4n) is 2.72. The predicted molar refractivity (Wildman–Crippen MR) is 70.9 cm³/mol. The van der Waals surface area contributed by atoms with Crippen molar-refractivity contribution >= 4 is 0 Å². The van der Waals surface area contributed by atoms with Gasteiger partial charge < -0.3 is 0 Å². The second-order valence-corrected chi connectivity index (χ2v) is 6.36. The first-order chi connectivity index (χ1) is 7.97. The third-order valence-electron chi connectivity index (χ3n) is 3.86. The van der Waals surface area contributed by atoms with Crippen LogP contribution in [0.5, 0.6) is 0 Å². The van der Waals surface area contributed by atoms with Gasteiger partial charge in [-0.25, -0.2) is 4.39 Å². The van der Waals surface area contributed by atoms with E-state index in [0.717, 1.165) is 5.56 Å². The van der Waals surface area contributed by atoms with Crippen molar-refractivity contribution in [3.05, 3.63) is 35.1 Å². The van der Waals surface area contributed by atoms with Crippen LogP contribution in [0.1, 0.15) is 69.9 Å². The third-order valence-corrected chi connectivity index (χ3v) is 3.86. The summed E-state index contributed by atoms with van der Waals surface area (Å²) in [7, 11) is 0. The van der Waals surface area contributed by atoms with Crippen LogP contribution in [0.3, 0.4) is 0 Å². The molecule has 1 heteroatoms. The largest absolute Gasteiger partial charge is 0.207 e. The van der Waals surface area contributed by atoms with Gasteiger partial charge in [-0.2, -0.15) is 0 Å². The van der Waals surface area contributed by atoms with E-state index in [-0.39, 0.29) is 11.2 Å². The molecule has 17 heavy (non-hydrogen) atoms. The highest BCUT2D eigenvalue weighted by atomic mass is 19.1. The SMILES string of the molecule is CC(C)(C)c1cc(F)cc(C2CCCCC2)c1. The normalized spacial score (nSPS) is 18.4. The van der Waals surface area contributed by atoms with Crippen molar-refractivity contribution < 1.29 is 4.39 Å². The van der Waals surface area contributed by atoms with Crippen LogP contribution in [0.15, 0.2) is 18.2 Å². The fourth-order valence-corrected chi connectivity index (χ4v) is 2.72. The van der Waals surface area contributed by atoms with Crippen LogP contribution in [-0.2, 0) is 5.41 Å². The number of hydrogen-bond donors (Lipinski definition) is 0. The van der Waals surface area contributed by atoms with Crippen molar-refractivity contribution in [2.75, 3.05) is 0 Å². The first kappa shape index (κ1) is 12.6. The van der Waals surface area contributed by atoms with E-state index in [9.17, 15) is 4.39 Å². The molecule has 1 fully saturated rings. The molecular weight excluding hydrogens is 211 g/mol. The zero-order valence-corrected chi connectivity index (χ0v) is 11.2. The van der Waals surface area contributed by atoms with Crippen LogP contribution in [0.25, 0.3) is 0 Å². The topological polar surface area (TPSA) is 0 Å². The maximum Gasteiger partial charge on any atom is 0.123 e. The van der Waals surface area contributed by atoms with Gasteiger partial charge in [0.2, 0.25) is 0 Å². The highest BCUT2D eigenvalue weighted by Gasteiger charge is 2.20. The first-order valence-electron chi connectivity index (χ1n) is 6.78. The van der Waals surface area contributed by atoms with E-state index in [1.165, 1.54) is 37.7 Å². The summed E-state index contributed by atoms with van der Waals surface area (Å²) in [5.74, 6) is 0.513. The zero-order valence-electron chi connectivity index (χ0n) is 11.2. The van der Waals surface area contributed by atoms with Crippen LogP contribution in [0, 0.1) is 5.82 Å². The Morgan fingerprint density at radius 2 is 1.65 bits per heavy atom. The van der Waals surface area contributed by atoms with E-state index in [2.05, 4.69) is 26.8 Å². The molecule has 0 spiro atoms. The molecule has 0 saturated heterocycles. The Balaban J connectivity index is 2.31.